The molecule has 1 aromatic carbocycles. The topological polar surface area (TPSA) is 83.1 Å². The minimum absolute atomic E-state index is 0.328. The molecule has 0 aromatic heterocycles. The molecule has 0 bridgehead atoms. The molecule has 0 radical (unpaired) electrons. The Morgan fingerprint density at radius 3 is 1.50 bits per heavy atom. The lowest BCUT2D eigenvalue weighted by atomic mass is 10.1. The first-order valence-electron chi connectivity index (χ1n) is 13.8. The lowest BCUT2D eigenvalue weighted by molar-refractivity contribution is 0.145. The molecule has 0 saturated heterocycles. The monoisotopic (exact) mass is 506 g/mol. The van der Waals surface area contributed by atoms with E-state index in [1.807, 2.05) is 14.1 Å². The normalized spacial score (nSPS) is 11.1. The maximum absolute atomic E-state index is 12.1. The molecular weight excluding hydrogens is 456 g/mol. The summed E-state index contributed by atoms with van der Waals surface area (Å²) in [7, 11) is 4.09. The Labute approximate surface area is 219 Å². The smallest absolute Gasteiger partial charge is 0.411 e. The van der Waals surface area contributed by atoms with Crippen molar-refractivity contribution in [2.24, 2.45) is 0 Å². The molecule has 0 heterocycles. The second-order valence-corrected chi connectivity index (χ2v) is 9.54. The van der Waals surface area contributed by atoms with Gasteiger partial charge in [-0.05, 0) is 58.2 Å². The number of ether oxygens (including phenoxy) is 2. The molecule has 2 N–H and O–H groups in total. The Balaban J connectivity index is 2.22. The quantitative estimate of drug-likeness (QED) is 0.194. The first-order valence-corrected chi connectivity index (χ1v) is 13.8. The zero-order valence-electron chi connectivity index (χ0n) is 23.2. The van der Waals surface area contributed by atoms with Gasteiger partial charge in [0.2, 0.25) is 0 Å². The number of rotatable bonds is 20. The van der Waals surface area contributed by atoms with Crippen molar-refractivity contribution in [2.75, 3.05) is 64.1 Å². The fraction of sp³-hybridized carbons (Fsp3) is 0.714. The Hall–Kier alpha value is -2.32. The number of unbranched alkanes of at least 4 members (excludes halogenated alkanes) is 8. The first-order chi connectivity index (χ1) is 17.4. The summed E-state index contributed by atoms with van der Waals surface area (Å²) in [6.45, 7) is 8.50. The van der Waals surface area contributed by atoms with E-state index >= 15 is 0 Å². The van der Waals surface area contributed by atoms with Crippen LogP contribution in [-0.4, -0.2) is 75.5 Å². The summed E-state index contributed by atoms with van der Waals surface area (Å²) >= 11 is 0. The van der Waals surface area contributed by atoms with Crippen molar-refractivity contribution in [3.8, 4) is 0 Å². The SMILES string of the molecule is CCCCCCCN(C)CCOC(=O)Nc1cccc(NC(=O)OCCN(C)CCCCCCC)c1. The first kappa shape index (κ1) is 31.7. The van der Waals surface area contributed by atoms with Crippen LogP contribution < -0.4 is 10.6 Å². The Morgan fingerprint density at radius 1 is 0.667 bits per heavy atom. The van der Waals surface area contributed by atoms with E-state index in [9.17, 15) is 9.59 Å². The summed E-state index contributed by atoms with van der Waals surface area (Å²) in [6, 6.07) is 6.92. The minimum atomic E-state index is -0.510. The zero-order valence-corrected chi connectivity index (χ0v) is 23.2. The van der Waals surface area contributed by atoms with Crippen molar-refractivity contribution in [1.29, 1.82) is 0 Å². The van der Waals surface area contributed by atoms with Crippen LogP contribution in [0.25, 0.3) is 0 Å². The number of nitrogens with zero attached hydrogens (tertiary/aromatic N) is 2. The van der Waals surface area contributed by atoms with Crippen LogP contribution in [0.3, 0.4) is 0 Å². The molecule has 0 atom stereocenters. The second-order valence-electron chi connectivity index (χ2n) is 9.54. The third kappa shape index (κ3) is 17.2. The van der Waals surface area contributed by atoms with E-state index < -0.39 is 12.2 Å². The molecule has 0 unspecified atom stereocenters. The molecule has 8 nitrogen and oxygen atoms in total. The van der Waals surface area contributed by atoms with Crippen LogP contribution in [0.2, 0.25) is 0 Å². The van der Waals surface area contributed by atoms with E-state index in [0.717, 1.165) is 13.1 Å². The van der Waals surface area contributed by atoms with Crippen LogP contribution in [0.15, 0.2) is 24.3 Å². The molecule has 1 rings (SSSR count). The lowest BCUT2D eigenvalue weighted by Gasteiger charge is -2.17. The van der Waals surface area contributed by atoms with Crippen LogP contribution in [-0.2, 0) is 9.47 Å². The largest absolute Gasteiger partial charge is 0.448 e. The highest BCUT2D eigenvalue weighted by molar-refractivity contribution is 5.88. The highest BCUT2D eigenvalue weighted by atomic mass is 16.6. The van der Waals surface area contributed by atoms with Gasteiger partial charge in [0.05, 0.1) is 0 Å². The summed E-state index contributed by atoms with van der Waals surface area (Å²) in [4.78, 5) is 28.6. The number of amides is 2. The summed E-state index contributed by atoms with van der Waals surface area (Å²) in [6.07, 6.45) is 11.5. The fourth-order valence-corrected chi connectivity index (χ4v) is 3.77. The maximum Gasteiger partial charge on any atom is 0.411 e. The van der Waals surface area contributed by atoms with Crippen molar-refractivity contribution >= 4 is 23.6 Å². The molecular formula is C28H50N4O4. The molecule has 0 fully saturated rings. The van der Waals surface area contributed by atoms with Crippen LogP contribution in [0.4, 0.5) is 21.0 Å². The fourth-order valence-electron chi connectivity index (χ4n) is 3.77. The summed E-state index contributed by atoms with van der Waals surface area (Å²) in [5.74, 6) is 0. The summed E-state index contributed by atoms with van der Waals surface area (Å²) in [5, 5.41) is 5.41. The van der Waals surface area contributed by atoms with Crippen molar-refractivity contribution in [3.05, 3.63) is 24.3 Å². The van der Waals surface area contributed by atoms with E-state index in [2.05, 4.69) is 34.3 Å². The predicted molar refractivity (Wildman–Crippen MR) is 149 cm³/mol. The molecule has 0 aliphatic heterocycles. The maximum atomic E-state index is 12.1. The number of carbonyl (C=O) groups excluding carboxylic acids is 2. The Bertz CT molecular complexity index is 661. The van der Waals surface area contributed by atoms with Gasteiger partial charge >= 0.3 is 12.2 Å². The number of nitrogens with one attached hydrogen (secondary N) is 2. The molecule has 0 spiro atoms. The number of hydrogen-bond donors (Lipinski definition) is 2. The Morgan fingerprint density at radius 2 is 1.08 bits per heavy atom. The predicted octanol–water partition coefficient (Wildman–Crippen LogP) is 6.59. The van der Waals surface area contributed by atoms with Gasteiger partial charge in [0.1, 0.15) is 13.2 Å². The van der Waals surface area contributed by atoms with Gasteiger partial charge in [-0.2, -0.15) is 0 Å². The number of anilines is 2. The van der Waals surface area contributed by atoms with Crippen molar-refractivity contribution in [2.45, 2.75) is 78.1 Å². The number of carbonyl (C=O) groups is 2. The van der Waals surface area contributed by atoms with Crippen LogP contribution in [0.1, 0.15) is 78.1 Å². The van der Waals surface area contributed by atoms with Crippen molar-refractivity contribution < 1.29 is 19.1 Å². The summed E-state index contributed by atoms with van der Waals surface area (Å²) < 4.78 is 10.6. The minimum Gasteiger partial charge on any atom is -0.448 e. The summed E-state index contributed by atoms with van der Waals surface area (Å²) in [5.41, 5.74) is 1.09. The van der Waals surface area contributed by atoms with E-state index in [-0.39, 0.29) is 0 Å². The number of benzene rings is 1. The van der Waals surface area contributed by atoms with E-state index in [4.69, 9.17) is 9.47 Å². The third-order valence-electron chi connectivity index (χ3n) is 6.05. The van der Waals surface area contributed by atoms with Gasteiger partial charge in [0.15, 0.2) is 0 Å². The molecule has 1 aromatic rings. The highest BCUT2D eigenvalue weighted by Crippen LogP contribution is 2.15. The van der Waals surface area contributed by atoms with Gasteiger partial charge in [0, 0.05) is 24.5 Å². The van der Waals surface area contributed by atoms with Crippen molar-refractivity contribution in [1.82, 2.24) is 9.80 Å². The van der Waals surface area contributed by atoms with Crippen molar-refractivity contribution in [3.63, 3.8) is 0 Å². The van der Waals surface area contributed by atoms with E-state index in [1.165, 1.54) is 64.2 Å². The lowest BCUT2D eigenvalue weighted by Crippen LogP contribution is -2.27. The molecule has 2 amide bonds. The third-order valence-corrected chi connectivity index (χ3v) is 6.05. The zero-order chi connectivity index (χ0) is 26.4. The molecule has 8 heteroatoms. The van der Waals surface area contributed by atoms with Gasteiger partial charge in [-0.25, -0.2) is 9.59 Å². The molecule has 0 saturated carbocycles. The van der Waals surface area contributed by atoms with E-state index in [1.54, 1.807) is 24.3 Å². The van der Waals surface area contributed by atoms with E-state index in [0.29, 0.717) is 37.7 Å². The number of likely N-dealkylation sites (N-methyl/N-ethyl adjacent to an activating group) is 2. The average molecular weight is 507 g/mol. The average Bonchev–Trinajstić information content (AvgIpc) is 2.84. The second kappa shape index (κ2) is 20.8. The highest BCUT2D eigenvalue weighted by Gasteiger charge is 2.08. The molecule has 206 valence electrons. The van der Waals surface area contributed by atoms with Gasteiger partial charge in [-0.15, -0.1) is 0 Å². The standard InChI is InChI=1S/C28H50N4O4/c1-5-7-9-11-13-18-31(3)20-22-35-27(33)29-25-16-15-17-26(24-25)30-28(34)36-23-21-32(4)19-14-12-10-8-6-2/h15-17,24H,5-14,18-23H2,1-4H3,(H,29,33)(H,30,34). The molecule has 0 aliphatic rings. The van der Waals surface area contributed by atoms with Crippen LogP contribution in [0.5, 0.6) is 0 Å². The molecule has 0 aliphatic carbocycles. The number of hydrogen-bond acceptors (Lipinski definition) is 6. The van der Waals surface area contributed by atoms with Gasteiger partial charge in [0.25, 0.3) is 0 Å². The van der Waals surface area contributed by atoms with Crippen LogP contribution >= 0.6 is 0 Å². The van der Waals surface area contributed by atoms with Crippen LogP contribution in [0, 0.1) is 0 Å². The van der Waals surface area contributed by atoms with Gasteiger partial charge in [-0.3, -0.25) is 10.6 Å². The van der Waals surface area contributed by atoms with Gasteiger partial charge in [-0.1, -0.05) is 71.3 Å². The molecule has 36 heavy (non-hydrogen) atoms. The Kier molecular flexibility index (Phi) is 18.3. The van der Waals surface area contributed by atoms with Gasteiger partial charge < -0.3 is 19.3 Å².